The minimum Gasteiger partial charge on any atom is -0.460 e. The van der Waals surface area contributed by atoms with Gasteiger partial charge in [0.05, 0.1) is 25.0 Å². The third-order valence-electron chi connectivity index (χ3n) is 6.75. The molecule has 36 heavy (non-hydrogen) atoms. The van der Waals surface area contributed by atoms with Crippen LogP contribution in [-0.4, -0.2) is 71.5 Å². The molecule has 0 aromatic carbocycles. The zero-order chi connectivity index (χ0) is 24.9. The molecular weight excluding hydrogens is 466 g/mol. The SMILES string of the molecule is Cc1cc(C2(C(N)=O)OC=CN2c2cc3oc(N4CCOCC4)nc3nc2N2CCC(O)C2)ccn1. The summed E-state index contributed by atoms with van der Waals surface area (Å²) in [5, 5.41) is 10.2. The molecule has 12 nitrogen and oxygen atoms in total. The molecule has 0 saturated carbocycles. The van der Waals surface area contributed by atoms with Crippen molar-refractivity contribution in [1.29, 1.82) is 0 Å². The summed E-state index contributed by atoms with van der Waals surface area (Å²) in [6, 6.07) is 5.73. The van der Waals surface area contributed by atoms with Crippen molar-refractivity contribution in [2.75, 3.05) is 54.1 Å². The molecule has 0 bridgehead atoms. The number of β-amino-alcohol motifs (C(OH)–C–C–N with tert-alkyl or cyclic N) is 1. The number of nitrogens with two attached hydrogens (primary N) is 1. The third kappa shape index (κ3) is 3.60. The van der Waals surface area contributed by atoms with E-state index in [1.807, 2.05) is 16.7 Å². The average Bonchev–Trinajstić information content (AvgIpc) is 3.61. The van der Waals surface area contributed by atoms with Gasteiger partial charge in [-0.25, -0.2) is 4.98 Å². The van der Waals surface area contributed by atoms with Gasteiger partial charge in [0.25, 0.3) is 17.6 Å². The van der Waals surface area contributed by atoms with Crippen LogP contribution in [0.1, 0.15) is 17.7 Å². The summed E-state index contributed by atoms with van der Waals surface area (Å²) in [4.78, 5) is 32.4. The van der Waals surface area contributed by atoms with Crippen molar-refractivity contribution in [1.82, 2.24) is 15.0 Å². The van der Waals surface area contributed by atoms with Crippen LogP contribution in [0.4, 0.5) is 17.5 Å². The second-order valence-electron chi connectivity index (χ2n) is 9.10. The molecule has 12 heteroatoms. The lowest BCUT2D eigenvalue weighted by Gasteiger charge is -2.36. The molecule has 3 N–H and O–H groups in total. The summed E-state index contributed by atoms with van der Waals surface area (Å²) in [6.07, 6.45) is 4.82. The van der Waals surface area contributed by atoms with Crippen LogP contribution in [0.3, 0.4) is 0 Å². The Balaban J connectivity index is 1.51. The van der Waals surface area contributed by atoms with Gasteiger partial charge in [0.1, 0.15) is 6.26 Å². The van der Waals surface area contributed by atoms with E-state index in [1.54, 1.807) is 35.5 Å². The van der Waals surface area contributed by atoms with E-state index in [0.717, 1.165) is 0 Å². The Morgan fingerprint density at radius 3 is 2.75 bits per heavy atom. The topological polar surface area (TPSA) is 143 Å². The van der Waals surface area contributed by atoms with E-state index in [0.29, 0.717) is 85.8 Å². The second-order valence-corrected chi connectivity index (χ2v) is 9.10. The molecule has 188 valence electrons. The molecule has 0 radical (unpaired) electrons. The van der Waals surface area contributed by atoms with Crippen molar-refractivity contribution in [3.05, 3.63) is 48.1 Å². The van der Waals surface area contributed by atoms with E-state index < -0.39 is 17.7 Å². The second kappa shape index (κ2) is 8.64. The summed E-state index contributed by atoms with van der Waals surface area (Å²) in [7, 11) is 0. The number of aliphatic hydroxyl groups excluding tert-OH is 1. The number of carbonyl (C=O) groups excluding carboxylic acids is 1. The molecule has 3 aromatic rings. The van der Waals surface area contributed by atoms with E-state index in [2.05, 4.69) is 9.97 Å². The zero-order valence-electron chi connectivity index (χ0n) is 19.8. The highest BCUT2D eigenvalue weighted by Gasteiger charge is 2.50. The van der Waals surface area contributed by atoms with Crippen molar-refractivity contribution >= 4 is 34.7 Å². The van der Waals surface area contributed by atoms with Crippen molar-refractivity contribution in [2.24, 2.45) is 5.73 Å². The summed E-state index contributed by atoms with van der Waals surface area (Å²) < 4.78 is 17.5. The first-order chi connectivity index (χ1) is 17.5. The maximum absolute atomic E-state index is 13.0. The molecule has 2 unspecified atom stereocenters. The molecule has 2 fully saturated rings. The molecule has 3 aliphatic rings. The van der Waals surface area contributed by atoms with E-state index in [4.69, 9.17) is 24.6 Å². The number of ether oxygens (including phenoxy) is 2. The van der Waals surface area contributed by atoms with Crippen molar-refractivity contribution in [2.45, 2.75) is 25.2 Å². The third-order valence-corrected chi connectivity index (χ3v) is 6.75. The number of aromatic nitrogens is 3. The van der Waals surface area contributed by atoms with Crippen molar-refractivity contribution in [3.8, 4) is 0 Å². The van der Waals surface area contributed by atoms with Crippen LogP contribution in [0.5, 0.6) is 0 Å². The summed E-state index contributed by atoms with van der Waals surface area (Å²) in [6.45, 7) is 5.34. The predicted molar refractivity (Wildman–Crippen MR) is 130 cm³/mol. The largest absolute Gasteiger partial charge is 0.460 e. The lowest BCUT2D eigenvalue weighted by Crippen LogP contribution is -2.52. The number of anilines is 3. The van der Waals surface area contributed by atoms with Crippen LogP contribution in [0, 0.1) is 6.92 Å². The van der Waals surface area contributed by atoms with Gasteiger partial charge < -0.3 is 34.5 Å². The fourth-order valence-corrected chi connectivity index (χ4v) is 4.95. The highest BCUT2D eigenvalue weighted by molar-refractivity contribution is 5.93. The maximum Gasteiger partial charge on any atom is 0.300 e. The Morgan fingerprint density at radius 2 is 2.03 bits per heavy atom. The highest BCUT2D eigenvalue weighted by Crippen LogP contribution is 2.44. The Kier molecular flexibility index (Phi) is 5.41. The molecule has 6 rings (SSSR count). The minimum atomic E-state index is -1.65. The van der Waals surface area contributed by atoms with Gasteiger partial charge in [-0.3, -0.25) is 14.7 Å². The Hall–Kier alpha value is -3.90. The number of amides is 1. The Morgan fingerprint density at radius 1 is 1.19 bits per heavy atom. The fraction of sp³-hybridized carbons (Fsp3) is 0.417. The number of aryl methyl sites for hydroxylation is 1. The lowest BCUT2D eigenvalue weighted by atomic mass is 10.00. The van der Waals surface area contributed by atoms with E-state index >= 15 is 0 Å². The number of rotatable bonds is 5. The monoisotopic (exact) mass is 493 g/mol. The van der Waals surface area contributed by atoms with Gasteiger partial charge in [-0.05, 0) is 25.5 Å². The average molecular weight is 494 g/mol. The Bertz CT molecular complexity index is 1340. The van der Waals surface area contributed by atoms with Gasteiger partial charge in [0.2, 0.25) is 5.65 Å². The number of hydrogen-bond donors (Lipinski definition) is 2. The first-order valence-electron chi connectivity index (χ1n) is 11.9. The number of hydrogen-bond acceptors (Lipinski definition) is 11. The highest BCUT2D eigenvalue weighted by atomic mass is 16.5. The first kappa shape index (κ1) is 22.6. The van der Waals surface area contributed by atoms with E-state index in [9.17, 15) is 9.90 Å². The number of fused-ring (bicyclic) bond motifs is 1. The number of oxazole rings is 1. The quantitative estimate of drug-likeness (QED) is 0.525. The van der Waals surface area contributed by atoms with Crippen molar-refractivity contribution in [3.63, 3.8) is 0 Å². The normalized spacial score (nSPS) is 24.1. The number of pyridine rings is 2. The molecule has 2 atom stereocenters. The molecule has 3 aromatic heterocycles. The molecule has 2 saturated heterocycles. The Labute approximate surface area is 206 Å². The molecule has 6 heterocycles. The summed E-state index contributed by atoms with van der Waals surface area (Å²) in [5.41, 5.74) is 7.02. The van der Waals surface area contributed by atoms with Crippen molar-refractivity contribution < 1.29 is 23.8 Å². The molecule has 0 spiro atoms. The van der Waals surface area contributed by atoms with Crippen LogP contribution in [0.15, 0.2) is 41.3 Å². The summed E-state index contributed by atoms with van der Waals surface area (Å²) in [5.74, 6) is -0.149. The molecule has 0 aliphatic carbocycles. The van der Waals surface area contributed by atoms with Crippen LogP contribution in [0.25, 0.3) is 11.2 Å². The lowest BCUT2D eigenvalue weighted by molar-refractivity contribution is -0.135. The number of carbonyl (C=O) groups is 1. The van der Waals surface area contributed by atoms with Gasteiger partial charge in [-0.1, -0.05) is 0 Å². The predicted octanol–water partition coefficient (Wildman–Crippen LogP) is 0.980. The fourth-order valence-electron chi connectivity index (χ4n) is 4.95. The smallest absolute Gasteiger partial charge is 0.300 e. The van der Waals surface area contributed by atoms with Crippen LogP contribution in [-0.2, 0) is 20.0 Å². The molecule has 3 aliphatic heterocycles. The number of morpholine rings is 1. The van der Waals surface area contributed by atoms with Crippen LogP contribution < -0.4 is 20.4 Å². The maximum atomic E-state index is 13.0. The van der Waals surface area contributed by atoms with Gasteiger partial charge in [0, 0.05) is 55.9 Å². The van der Waals surface area contributed by atoms with Gasteiger partial charge in [-0.2, -0.15) is 4.98 Å². The number of primary amides is 1. The van der Waals surface area contributed by atoms with Crippen LogP contribution >= 0.6 is 0 Å². The van der Waals surface area contributed by atoms with E-state index in [1.165, 1.54) is 6.26 Å². The zero-order valence-corrected chi connectivity index (χ0v) is 19.8. The molecular formula is C24H27N7O5. The van der Waals surface area contributed by atoms with Gasteiger partial charge in [-0.15, -0.1) is 0 Å². The first-order valence-corrected chi connectivity index (χ1v) is 11.9. The molecule has 1 amide bonds. The number of nitrogens with zero attached hydrogens (tertiary/aromatic N) is 6. The standard InChI is InChI=1S/C24H27N7O5/c1-15-12-16(2-4-26-15)24(22(25)33)31(8-11-35-24)18-13-19-20(27-21(18)30-5-3-17(32)14-30)28-23(36-19)29-6-9-34-10-7-29/h2,4,8,11-13,17,32H,3,5-7,9-10,14H2,1H3,(H2,25,33). The van der Waals surface area contributed by atoms with Gasteiger partial charge in [0.15, 0.2) is 11.4 Å². The van der Waals surface area contributed by atoms with Crippen LogP contribution in [0.2, 0.25) is 0 Å². The van der Waals surface area contributed by atoms with E-state index in [-0.39, 0.29) is 0 Å². The summed E-state index contributed by atoms with van der Waals surface area (Å²) >= 11 is 0. The number of aliphatic hydroxyl groups is 1. The van der Waals surface area contributed by atoms with Gasteiger partial charge >= 0.3 is 0 Å². The minimum absolute atomic E-state index is 0.399.